The number of ether oxygens (including phenoxy) is 1. The van der Waals surface area contributed by atoms with E-state index in [0.717, 1.165) is 17.9 Å². The minimum Gasteiger partial charge on any atom is -0.378 e. The van der Waals surface area contributed by atoms with E-state index in [-0.39, 0.29) is 0 Å². The van der Waals surface area contributed by atoms with Crippen molar-refractivity contribution in [1.29, 1.82) is 0 Å². The van der Waals surface area contributed by atoms with Gasteiger partial charge in [0.25, 0.3) is 0 Å². The van der Waals surface area contributed by atoms with E-state index in [1.54, 1.807) is 0 Å². The van der Waals surface area contributed by atoms with Crippen molar-refractivity contribution in [1.82, 2.24) is 5.32 Å². The van der Waals surface area contributed by atoms with Crippen molar-refractivity contribution in [2.75, 3.05) is 12.9 Å². The summed E-state index contributed by atoms with van der Waals surface area (Å²) in [5.74, 6) is 0. The van der Waals surface area contributed by atoms with Crippen molar-refractivity contribution in [2.45, 2.75) is 81.7 Å². The van der Waals surface area contributed by atoms with Gasteiger partial charge in [0, 0.05) is 23.9 Å². The van der Waals surface area contributed by atoms with Gasteiger partial charge in [-0.2, -0.15) is 11.8 Å². The third-order valence-electron chi connectivity index (χ3n) is 4.41. The number of hydrogen-bond acceptors (Lipinski definition) is 3. The van der Waals surface area contributed by atoms with E-state index in [1.165, 1.54) is 51.4 Å². The molecule has 2 rings (SSSR count). The zero-order valence-electron chi connectivity index (χ0n) is 12.0. The molecule has 0 aromatic heterocycles. The second-order valence-electron chi connectivity index (χ2n) is 5.89. The Labute approximate surface area is 117 Å². The van der Waals surface area contributed by atoms with Crippen molar-refractivity contribution in [3.8, 4) is 0 Å². The van der Waals surface area contributed by atoms with Crippen molar-refractivity contribution in [3.05, 3.63) is 0 Å². The first-order valence-electron chi connectivity index (χ1n) is 7.72. The molecule has 0 bridgehead atoms. The molecule has 1 saturated carbocycles. The van der Waals surface area contributed by atoms with Crippen LogP contribution in [-0.2, 0) is 4.74 Å². The van der Waals surface area contributed by atoms with Crippen LogP contribution in [0.3, 0.4) is 0 Å². The highest BCUT2D eigenvalue weighted by atomic mass is 32.2. The molecule has 2 aliphatic rings. The van der Waals surface area contributed by atoms with E-state index in [9.17, 15) is 0 Å². The monoisotopic (exact) mass is 271 g/mol. The third kappa shape index (κ3) is 4.43. The summed E-state index contributed by atoms with van der Waals surface area (Å²) in [4.78, 5) is 0. The Hall–Kier alpha value is 0.270. The summed E-state index contributed by atoms with van der Waals surface area (Å²) in [5.41, 5.74) is 0. The van der Waals surface area contributed by atoms with Gasteiger partial charge in [0.15, 0.2) is 0 Å². The lowest BCUT2D eigenvalue weighted by atomic mass is 9.92. The molecule has 3 heteroatoms. The molecular weight excluding hydrogens is 242 g/mol. The second-order valence-corrected chi connectivity index (χ2v) is 7.03. The van der Waals surface area contributed by atoms with Crippen LogP contribution in [0.2, 0.25) is 0 Å². The van der Waals surface area contributed by atoms with Gasteiger partial charge < -0.3 is 10.1 Å². The quantitative estimate of drug-likeness (QED) is 0.825. The first kappa shape index (κ1) is 14.7. The molecular formula is C15H29NOS. The van der Waals surface area contributed by atoms with Crippen LogP contribution < -0.4 is 5.32 Å². The highest BCUT2D eigenvalue weighted by Gasteiger charge is 2.27. The summed E-state index contributed by atoms with van der Waals surface area (Å²) in [5, 5.41) is 4.81. The SMILES string of the molecule is CCCC1CC(NC2CCCC(SC)C2)CCO1. The molecule has 1 heterocycles. The molecule has 0 spiro atoms. The maximum absolute atomic E-state index is 5.84. The molecule has 0 amide bonds. The van der Waals surface area contributed by atoms with Gasteiger partial charge in [-0.1, -0.05) is 19.8 Å². The van der Waals surface area contributed by atoms with Crippen LogP contribution in [0, 0.1) is 0 Å². The topological polar surface area (TPSA) is 21.3 Å². The van der Waals surface area contributed by atoms with Crippen molar-refractivity contribution >= 4 is 11.8 Å². The molecule has 0 aromatic rings. The van der Waals surface area contributed by atoms with Crippen LogP contribution in [0.4, 0.5) is 0 Å². The Kier molecular flexibility index (Phi) is 6.33. The van der Waals surface area contributed by atoms with Gasteiger partial charge in [-0.3, -0.25) is 0 Å². The molecule has 18 heavy (non-hydrogen) atoms. The van der Waals surface area contributed by atoms with E-state index < -0.39 is 0 Å². The lowest BCUT2D eigenvalue weighted by Gasteiger charge is -2.36. The van der Waals surface area contributed by atoms with Crippen LogP contribution in [0.5, 0.6) is 0 Å². The summed E-state index contributed by atoms with van der Waals surface area (Å²) in [6, 6.07) is 1.47. The predicted molar refractivity (Wildman–Crippen MR) is 80.4 cm³/mol. The van der Waals surface area contributed by atoms with E-state index in [2.05, 4.69) is 30.3 Å². The largest absolute Gasteiger partial charge is 0.378 e. The fraction of sp³-hybridized carbons (Fsp3) is 1.00. The number of hydrogen-bond donors (Lipinski definition) is 1. The minimum absolute atomic E-state index is 0.515. The molecule has 2 fully saturated rings. The number of thioether (sulfide) groups is 1. The van der Waals surface area contributed by atoms with Crippen LogP contribution in [0.25, 0.3) is 0 Å². The van der Waals surface area contributed by atoms with Crippen LogP contribution in [0.15, 0.2) is 0 Å². The normalized spacial score (nSPS) is 37.7. The Morgan fingerprint density at radius 1 is 1.17 bits per heavy atom. The van der Waals surface area contributed by atoms with Crippen LogP contribution in [0.1, 0.15) is 58.3 Å². The summed E-state index contributed by atoms with van der Waals surface area (Å²) >= 11 is 2.06. The first-order chi connectivity index (χ1) is 8.81. The fourth-order valence-corrected chi connectivity index (χ4v) is 4.23. The van der Waals surface area contributed by atoms with Crippen LogP contribution >= 0.6 is 11.8 Å². The Balaban J connectivity index is 1.74. The lowest BCUT2D eigenvalue weighted by molar-refractivity contribution is -0.00568. The molecule has 1 aliphatic heterocycles. The molecule has 1 aliphatic carbocycles. The number of nitrogens with one attached hydrogen (secondary N) is 1. The Morgan fingerprint density at radius 3 is 2.78 bits per heavy atom. The highest BCUT2D eigenvalue weighted by molar-refractivity contribution is 7.99. The van der Waals surface area contributed by atoms with Gasteiger partial charge in [-0.25, -0.2) is 0 Å². The molecule has 4 atom stereocenters. The molecule has 2 nitrogen and oxygen atoms in total. The Bertz CT molecular complexity index is 235. The fourth-order valence-electron chi connectivity index (χ4n) is 3.40. The van der Waals surface area contributed by atoms with E-state index in [0.29, 0.717) is 12.1 Å². The van der Waals surface area contributed by atoms with Gasteiger partial charge in [-0.05, 0) is 44.8 Å². The molecule has 106 valence electrons. The first-order valence-corrected chi connectivity index (χ1v) is 9.01. The number of rotatable bonds is 5. The summed E-state index contributed by atoms with van der Waals surface area (Å²) in [6.07, 6.45) is 13.3. The average Bonchev–Trinajstić information content (AvgIpc) is 2.40. The van der Waals surface area contributed by atoms with Gasteiger partial charge in [-0.15, -0.1) is 0 Å². The van der Waals surface area contributed by atoms with Gasteiger partial charge in [0.1, 0.15) is 0 Å². The van der Waals surface area contributed by atoms with Crippen LogP contribution in [-0.4, -0.2) is 36.3 Å². The summed E-state index contributed by atoms with van der Waals surface area (Å²) < 4.78 is 5.84. The molecule has 1 N–H and O–H groups in total. The maximum atomic E-state index is 5.84. The maximum Gasteiger partial charge on any atom is 0.0589 e. The molecule has 0 radical (unpaired) electrons. The second kappa shape index (κ2) is 7.76. The Morgan fingerprint density at radius 2 is 2.00 bits per heavy atom. The standard InChI is InChI=1S/C15H29NOS/c1-3-5-14-10-13(8-9-17-14)16-12-6-4-7-15(11-12)18-2/h12-16H,3-11H2,1-2H3. The third-order valence-corrected chi connectivity index (χ3v) is 5.50. The summed E-state index contributed by atoms with van der Waals surface area (Å²) in [6.45, 7) is 3.21. The van der Waals surface area contributed by atoms with E-state index in [1.807, 2.05) is 0 Å². The van der Waals surface area contributed by atoms with E-state index in [4.69, 9.17) is 4.74 Å². The average molecular weight is 271 g/mol. The van der Waals surface area contributed by atoms with Crippen molar-refractivity contribution in [3.63, 3.8) is 0 Å². The molecule has 1 saturated heterocycles. The van der Waals surface area contributed by atoms with Gasteiger partial charge in [0.2, 0.25) is 0 Å². The van der Waals surface area contributed by atoms with Gasteiger partial charge in [0.05, 0.1) is 6.10 Å². The minimum atomic E-state index is 0.515. The molecule has 0 aromatic carbocycles. The zero-order valence-corrected chi connectivity index (χ0v) is 12.8. The molecule has 4 unspecified atom stereocenters. The smallest absolute Gasteiger partial charge is 0.0589 e. The zero-order chi connectivity index (χ0) is 12.8. The van der Waals surface area contributed by atoms with Crippen molar-refractivity contribution in [2.24, 2.45) is 0 Å². The predicted octanol–water partition coefficient (Wildman–Crippen LogP) is 3.60. The van der Waals surface area contributed by atoms with E-state index >= 15 is 0 Å². The van der Waals surface area contributed by atoms with Gasteiger partial charge >= 0.3 is 0 Å². The lowest BCUT2D eigenvalue weighted by Crippen LogP contribution is -2.46. The van der Waals surface area contributed by atoms with Crippen molar-refractivity contribution < 1.29 is 4.74 Å². The summed E-state index contributed by atoms with van der Waals surface area (Å²) in [7, 11) is 0. The highest BCUT2D eigenvalue weighted by Crippen LogP contribution is 2.28.